The molecule has 0 saturated carbocycles. The minimum absolute atomic E-state index is 0.394. The van der Waals surface area contributed by atoms with Crippen LogP contribution in [-0.4, -0.2) is 12.1 Å². The number of hydrogen-bond acceptors (Lipinski definition) is 3. The first-order valence-electron chi connectivity index (χ1n) is 4.40. The van der Waals surface area contributed by atoms with E-state index in [0.29, 0.717) is 11.3 Å². The van der Waals surface area contributed by atoms with Gasteiger partial charge < -0.3 is 15.8 Å². The highest BCUT2D eigenvalue weighted by atomic mass is 79.9. The van der Waals surface area contributed by atoms with Crippen LogP contribution in [0.5, 0.6) is 5.75 Å². The lowest BCUT2D eigenvalue weighted by Crippen LogP contribution is -2.46. The molecule has 16 heavy (non-hydrogen) atoms. The Balaban J connectivity index is 2.39. The highest BCUT2D eigenvalue weighted by Crippen LogP contribution is 2.30. The molecule has 7 heteroatoms. The second-order valence-electron chi connectivity index (χ2n) is 3.16. The molecule has 2 rings (SSSR count). The summed E-state index contributed by atoms with van der Waals surface area (Å²) in [6, 6.07) is 4.38. The van der Waals surface area contributed by atoms with Crippen LogP contribution < -0.4 is 21.1 Å². The molecule has 1 atom stereocenters. The van der Waals surface area contributed by atoms with E-state index in [0.717, 1.165) is 4.47 Å². The predicted molar refractivity (Wildman–Crippen MR) is 58.8 cm³/mol. The van der Waals surface area contributed by atoms with Gasteiger partial charge in [0.15, 0.2) is 0 Å². The van der Waals surface area contributed by atoms with Crippen molar-refractivity contribution in [2.45, 2.75) is 6.17 Å². The minimum atomic E-state index is -0.724. The molecule has 4 N–H and O–H groups in total. The van der Waals surface area contributed by atoms with Gasteiger partial charge in [0, 0.05) is 10.0 Å². The van der Waals surface area contributed by atoms with Crippen molar-refractivity contribution in [2.75, 3.05) is 0 Å². The van der Waals surface area contributed by atoms with Crippen LogP contribution in [0.4, 0.5) is 9.59 Å². The molecule has 1 aromatic carbocycles. The Labute approximate surface area is 99.3 Å². The molecule has 0 bridgehead atoms. The van der Waals surface area contributed by atoms with E-state index in [-0.39, 0.29) is 0 Å². The number of nitrogens with one attached hydrogen (secondary N) is 2. The molecular formula is C9H8BrN3O3. The second kappa shape index (κ2) is 4.01. The molecule has 6 nitrogen and oxygen atoms in total. The maximum Gasteiger partial charge on any atom is 0.414 e. The van der Waals surface area contributed by atoms with Crippen molar-refractivity contribution in [1.82, 2.24) is 10.6 Å². The van der Waals surface area contributed by atoms with Gasteiger partial charge in [0.25, 0.3) is 0 Å². The van der Waals surface area contributed by atoms with E-state index >= 15 is 0 Å². The Bertz CT molecular complexity index is 463. The van der Waals surface area contributed by atoms with E-state index in [1.807, 2.05) is 0 Å². The molecule has 1 aromatic rings. The van der Waals surface area contributed by atoms with Crippen molar-refractivity contribution in [2.24, 2.45) is 5.73 Å². The lowest BCUT2D eigenvalue weighted by atomic mass is 10.1. The molecule has 0 fully saturated rings. The van der Waals surface area contributed by atoms with E-state index in [4.69, 9.17) is 10.5 Å². The third kappa shape index (κ3) is 2.08. The van der Waals surface area contributed by atoms with Crippen molar-refractivity contribution < 1.29 is 14.3 Å². The van der Waals surface area contributed by atoms with E-state index in [1.54, 1.807) is 18.2 Å². The first kappa shape index (κ1) is 10.7. The molecule has 84 valence electrons. The Morgan fingerprint density at radius 1 is 1.56 bits per heavy atom. The van der Waals surface area contributed by atoms with Gasteiger partial charge in [0.1, 0.15) is 11.9 Å². The second-order valence-corrected chi connectivity index (χ2v) is 4.07. The summed E-state index contributed by atoms with van der Waals surface area (Å²) in [6.07, 6.45) is -1.31. The number of halogens is 1. The third-order valence-electron chi connectivity index (χ3n) is 2.03. The van der Waals surface area contributed by atoms with E-state index in [1.165, 1.54) is 0 Å². The van der Waals surface area contributed by atoms with Gasteiger partial charge in [-0.25, -0.2) is 9.59 Å². The number of benzene rings is 1. The number of carbonyl (C=O) groups excluding carboxylic acids is 2. The molecule has 1 heterocycles. The quantitative estimate of drug-likeness (QED) is 0.724. The van der Waals surface area contributed by atoms with Crippen LogP contribution in [0, 0.1) is 0 Å². The maximum atomic E-state index is 11.2. The summed E-state index contributed by atoms with van der Waals surface area (Å²) in [5.74, 6) is 0.394. The Kier molecular flexibility index (Phi) is 2.69. The predicted octanol–water partition coefficient (Wildman–Crippen LogP) is 1.22. The van der Waals surface area contributed by atoms with Gasteiger partial charge in [0.2, 0.25) is 0 Å². The molecule has 1 aliphatic rings. The minimum Gasteiger partial charge on any atom is -0.410 e. The van der Waals surface area contributed by atoms with Gasteiger partial charge >= 0.3 is 12.1 Å². The number of hydrogen-bond donors (Lipinski definition) is 3. The summed E-state index contributed by atoms with van der Waals surface area (Å²) in [4.78, 5) is 21.9. The fourth-order valence-corrected chi connectivity index (χ4v) is 1.80. The number of amides is 3. The van der Waals surface area contributed by atoms with Gasteiger partial charge in [0.05, 0.1) is 0 Å². The third-order valence-corrected chi connectivity index (χ3v) is 2.53. The number of urea groups is 1. The number of carbonyl (C=O) groups is 2. The van der Waals surface area contributed by atoms with Gasteiger partial charge in [-0.3, -0.25) is 5.32 Å². The highest BCUT2D eigenvalue weighted by molar-refractivity contribution is 9.10. The van der Waals surface area contributed by atoms with Crippen molar-refractivity contribution >= 4 is 28.1 Å². The zero-order valence-corrected chi connectivity index (χ0v) is 9.58. The molecule has 0 spiro atoms. The number of ether oxygens (including phenoxy) is 1. The van der Waals surface area contributed by atoms with Crippen LogP contribution >= 0.6 is 15.9 Å². The molecule has 0 unspecified atom stereocenters. The number of fused-ring (bicyclic) bond motifs is 1. The smallest absolute Gasteiger partial charge is 0.410 e. The summed E-state index contributed by atoms with van der Waals surface area (Å²) in [7, 11) is 0. The Hall–Kier alpha value is -1.76. The first-order chi connectivity index (χ1) is 7.56. The van der Waals surface area contributed by atoms with Gasteiger partial charge in [-0.15, -0.1) is 0 Å². The van der Waals surface area contributed by atoms with Gasteiger partial charge in [-0.05, 0) is 18.2 Å². The molecule has 3 amide bonds. The summed E-state index contributed by atoms with van der Waals surface area (Å²) in [5.41, 5.74) is 5.64. The van der Waals surface area contributed by atoms with E-state index in [9.17, 15) is 9.59 Å². The van der Waals surface area contributed by atoms with Crippen LogP contribution in [0.1, 0.15) is 11.7 Å². The lowest BCUT2D eigenvalue weighted by Gasteiger charge is -2.26. The standard InChI is InChI=1S/C9H8BrN3O3/c10-4-1-2-6-5(3-4)7(12-8(11)14)13-9(15)16-6/h1-3,7H,(H,13,15)(H3,11,12,14)/t7-/m0/s1. The summed E-state index contributed by atoms with van der Waals surface area (Å²) in [6.45, 7) is 0. The fraction of sp³-hybridized carbons (Fsp3) is 0.111. The SMILES string of the molecule is NC(=O)N[C@H]1NC(=O)Oc2ccc(Br)cc21. The molecule has 1 aliphatic heterocycles. The van der Waals surface area contributed by atoms with Crippen molar-refractivity contribution in [3.63, 3.8) is 0 Å². The molecule has 0 aromatic heterocycles. The van der Waals surface area contributed by atoms with Crippen molar-refractivity contribution in [3.05, 3.63) is 28.2 Å². The highest BCUT2D eigenvalue weighted by Gasteiger charge is 2.26. The number of rotatable bonds is 1. The topological polar surface area (TPSA) is 93.5 Å². The van der Waals surface area contributed by atoms with Crippen LogP contribution in [0.15, 0.2) is 22.7 Å². The molecule has 0 saturated heterocycles. The van der Waals surface area contributed by atoms with E-state index in [2.05, 4.69) is 26.6 Å². The average Bonchev–Trinajstić information content (AvgIpc) is 2.18. The summed E-state index contributed by atoms with van der Waals surface area (Å²) < 4.78 is 5.74. The number of nitrogens with two attached hydrogens (primary N) is 1. The summed E-state index contributed by atoms with van der Waals surface area (Å²) in [5, 5.41) is 4.84. The van der Waals surface area contributed by atoms with Crippen molar-refractivity contribution in [3.8, 4) is 5.75 Å². The van der Waals surface area contributed by atoms with Crippen LogP contribution in [0.25, 0.3) is 0 Å². The average molecular weight is 286 g/mol. The molecule has 0 aliphatic carbocycles. The maximum absolute atomic E-state index is 11.2. The van der Waals surface area contributed by atoms with Gasteiger partial charge in [-0.2, -0.15) is 0 Å². The van der Waals surface area contributed by atoms with E-state index < -0.39 is 18.3 Å². The zero-order valence-electron chi connectivity index (χ0n) is 7.99. The Morgan fingerprint density at radius 2 is 2.31 bits per heavy atom. The van der Waals surface area contributed by atoms with Crippen LogP contribution in [0.3, 0.4) is 0 Å². The number of primary amides is 1. The fourth-order valence-electron chi connectivity index (χ4n) is 1.42. The normalized spacial score (nSPS) is 18.1. The van der Waals surface area contributed by atoms with Crippen LogP contribution in [0.2, 0.25) is 0 Å². The molecular weight excluding hydrogens is 278 g/mol. The van der Waals surface area contributed by atoms with Crippen LogP contribution in [-0.2, 0) is 0 Å². The first-order valence-corrected chi connectivity index (χ1v) is 5.19. The Morgan fingerprint density at radius 3 is 3.00 bits per heavy atom. The summed E-state index contributed by atoms with van der Waals surface area (Å²) >= 11 is 3.29. The monoisotopic (exact) mass is 285 g/mol. The van der Waals surface area contributed by atoms with Gasteiger partial charge in [-0.1, -0.05) is 15.9 Å². The lowest BCUT2D eigenvalue weighted by molar-refractivity contribution is 0.184. The van der Waals surface area contributed by atoms with Crippen molar-refractivity contribution in [1.29, 1.82) is 0 Å². The molecule has 0 radical (unpaired) electrons. The zero-order chi connectivity index (χ0) is 11.7. The largest absolute Gasteiger partial charge is 0.414 e.